The van der Waals surface area contributed by atoms with Gasteiger partial charge >= 0.3 is 5.97 Å². The smallest absolute Gasteiger partial charge is 0.326 e. The molecule has 0 aromatic heterocycles. The van der Waals surface area contributed by atoms with Gasteiger partial charge in [0.25, 0.3) is 0 Å². The topological polar surface area (TPSA) is 70.4 Å². The second kappa shape index (κ2) is 6.51. The van der Waals surface area contributed by atoms with E-state index < -0.39 is 11.4 Å². The van der Waals surface area contributed by atoms with Gasteiger partial charge in [-0.2, -0.15) is 5.26 Å². The lowest BCUT2D eigenvalue weighted by Gasteiger charge is -2.34. The van der Waals surface area contributed by atoms with E-state index in [0.717, 1.165) is 0 Å². The normalized spacial score (nSPS) is 17.7. The number of Topliss-reactive ketones (excluding diaryl/α,β-unsaturated/α-hetero) is 1. The van der Waals surface area contributed by atoms with Crippen LogP contribution in [0.1, 0.15) is 23.2 Å². The summed E-state index contributed by atoms with van der Waals surface area (Å²) in [6, 6.07) is 11.2. The third-order valence-electron chi connectivity index (χ3n) is 3.96. The average molecular weight is 286 g/mol. The highest BCUT2D eigenvalue weighted by atomic mass is 16.5. The third kappa shape index (κ3) is 3.29. The minimum atomic E-state index is -1.05. The first-order chi connectivity index (χ1) is 10.1. The number of nitrogens with zero attached hydrogens (tertiary/aromatic N) is 2. The van der Waals surface area contributed by atoms with E-state index in [1.807, 2.05) is 23.1 Å². The van der Waals surface area contributed by atoms with Gasteiger partial charge in [0, 0.05) is 18.7 Å². The van der Waals surface area contributed by atoms with Gasteiger partial charge in [-0.1, -0.05) is 30.3 Å². The fraction of sp³-hybridized carbons (Fsp3) is 0.438. The molecule has 0 aliphatic carbocycles. The molecule has 1 aromatic carbocycles. The van der Waals surface area contributed by atoms with Crippen LogP contribution in [0.2, 0.25) is 0 Å². The molecule has 0 amide bonds. The van der Waals surface area contributed by atoms with Gasteiger partial charge in [-0.25, -0.2) is 0 Å². The fourth-order valence-corrected chi connectivity index (χ4v) is 2.57. The monoisotopic (exact) mass is 286 g/mol. The van der Waals surface area contributed by atoms with Crippen LogP contribution in [0.5, 0.6) is 0 Å². The lowest BCUT2D eigenvalue weighted by molar-refractivity contribution is -0.151. The van der Waals surface area contributed by atoms with Crippen LogP contribution in [0.4, 0.5) is 0 Å². The molecule has 1 aromatic rings. The highest BCUT2D eigenvalue weighted by molar-refractivity contribution is 5.97. The van der Waals surface area contributed by atoms with Crippen LogP contribution >= 0.6 is 0 Å². The van der Waals surface area contributed by atoms with E-state index in [-0.39, 0.29) is 5.78 Å². The SMILES string of the molecule is COC(=O)C1(C#N)CCN(CC(=O)c2ccccc2)CC1. The molecule has 1 saturated heterocycles. The zero-order valence-corrected chi connectivity index (χ0v) is 12.0. The van der Waals surface area contributed by atoms with Crippen molar-refractivity contribution >= 4 is 11.8 Å². The van der Waals surface area contributed by atoms with Crippen LogP contribution in [0.15, 0.2) is 30.3 Å². The van der Waals surface area contributed by atoms with Crippen molar-refractivity contribution in [3.8, 4) is 6.07 Å². The molecule has 21 heavy (non-hydrogen) atoms. The van der Waals surface area contributed by atoms with Crippen LogP contribution in [0.3, 0.4) is 0 Å². The summed E-state index contributed by atoms with van der Waals surface area (Å²) in [5.74, 6) is -0.419. The molecule has 1 fully saturated rings. The van der Waals surface area contributed by atoms with Crippen LogP contribution in [0.25, 0.3) is 0 Å². The quantitative estimate of drug-likeness (QED) is 0.621. The molecule has 1 aliphatic rings. The first-order valence-corrected chi connectivity index (χ1v) is 6.91. The Bertz CT molecular complexity index is 555. The summed E-state index contributed by atoms with van der Waals surface area (Å²) in [6.45, 7) is 1.40. The van der Waals surface area contributed by atoms with E-state index in [1.165, 1.54) is 7.11 Å². The Labute approximate surface area is 124 Å². The van der Waals surface area contributed by atoms with E-state index >= 15 is 0 Å². The molecular weight excluding hydrogens is 268 g/mol. The number of ketones is 1. The fourth-order valence-electron chi connectivity index (χ4n) is 2.57. The van der Waals surface area contributed by atoms with Gasteiger partial charge in [0.15, 0.2) is 11.2 Å². The first kappa shape index (κ1) is 15.2. The molecule has 0 atom stereocenters. The molecule has 0 spiro atoms. The molecule has 0 unspecified atom stereocenters. The number of methoxy groups -OCH3 is 1. The van der Waals surface area contributed by atoms with E-state index in [0.29, 0.717) is 38.0 Å². The number of carbonyl (C=O) groups is 2. The summed E-state index contributed by atoms with van der Waals surface area (Å²) < 4.78 is 4.72. The zero-order valence-electron chi connectivity index (χ0n) is 12.0. The molecule has 0 N–H and O–H groups in total. The standard InChI is InChI=1S/C16H18N2O3/c1-21-15(20)16(12-17)7-9-18(10-8-16)11-14(19)13-5-3-2-4-6-13/h2-6H,7-11H2,1H3. The van der Waals surface area contributed by atoms with Gasteiger partial charge in [0.2, 0.25) is 0 Å². The molecule has 5 heteroatoms. The molecule has 5 nitrogen and oxygen atoms in total. The van der Waals surface area contributed by atoms with Gasteiger partial charge in [0.05, 0.1) is 19.7 Å². The van der Waals surface area contributed by atoms with Gasteiger partial charge < -0.3 is 4.74 Å². The summed E-state index contributed by atoms with van der Waals surface area (Å²) in [7, 11) is 1.30. The summed E-state index contributed by atoms with van der Waals surface area (Å²) in [4.78, 5) is 25.9. The predicted molar refractivity (Wildman–Crippen MR) is 76.5 cm³/mol. The van der Waals surface area contributed by atoms with Crippen molar-refractivity contribution in [3.05, 3.63) is 35.9 Å². The van der Waals surface area contributed by atoms with Crippen molar-refractivity contribution in [2.75, 3.05) is 26.7 Å². The summed E-state index contributed by atoms with van der Waals surface area (Å²) in [6.07, 6.45) is 0.802. The Kier molecular flexibility index (Phi) is 4.71. The van der Waals surface area contributed by atoms with Crippen molar-refractivity contribution in [3.63, 3.8) is 0 Å². The number of piperidine rings is 1. The molecular formula is C16H18N2O3. The van der Waals surface area contributed by atoms with Crippen molar-refractivity contribution < 1.29 is 14.3 Å². The molecule has 0 bridgehead atoms. The van der Waals surface area contributed by atoms with Gasteiger partial charge in [-0.05, 0) is 12.8 Å². The Hall–Kier alpha value is -2.19. The zero-order chi connectivity index (χ0) is 15.3. The van der Waals surface area contributed by atoms with Crippen molar-refractivity contribution in [2.24, 2.45) is 5.41 Å². The second-order valence-corrected chi connectivity index (χ2v) is 5.25. The number of rotatable bonds is 4. The molecule has 1 aliphatic heterocycles. The van der Waals surface area contributed by atoms with Gasteiger partial charge in [-0.3, -0.25) is 14.5 Å². The first-order valence-electron chi connectivity index (χ1n) is 6.91. The van der Waals surface area contributed by atoms with Crippen LogP contribution in [-0.2, 0) is 9.53 Å². The molecule has 2 rings (SSSR count). The van der Waals surface area contributed by atoms with Crippen LogP contribution in [-0.4, -0.2) is 43.4 Å². The number of carbonyl (C=O) groups excluding carboxylic acids is 2. The number of benzene rings is 1. The largest absolute Gasteiger partial charge is 0.468 e. The van der Waals surface area contributed by atoms with Crippen LogP contribution < -0.4 is 0 Å². The van der Waals surface area contributed by atoms with Gasteiger partial charge in [0.1, 0.15) is 0 Å². The minimum absolute atomic E-state index is 0.0538. The minimum Gasteiger partial charge on any atom is -0.468 e. The molecule has 110 valence electrons. The average Bonchev–Trinajstić information content (AvgIpc) is 2.55. The second-order valence-electron chi connectivity index (χ2n) is 5.25. The highest BCUT2D eigenvalue weighted by Crippen LogP contribution is 2.32. The number of esters is 1. The maximum absolute atomic E-state index is 12.1. The third-order valence-corrected chi connectivity index (χ3v) is 3.96. The Morgan fingerprint density at radius 1 is 1.29 bits per heavy atom. The number of hydrogen-bond donors (Lipinski definition) is 0. The predicted octanol–water partition coefficient (Wildman–Crippen LogP) is 1.65. The van der Waals surface area contributed by atoms with Crippen molar-refractivity contribution in [1.82, 2.24) is 4.90 Å². The number of ether oxygens (including phenoxy) is 1. The molecule has 0 radical (unpaired) electrons. The van der Waals surface area contributed by atoms with E-state index in [1.54, 1.807) is 12.1 Å². The number of hydrogen-bond acceptors (Lipinski definition) is 5. The van der Waals surface area contributed by atoms with E-state index in [9.17, 15) is 14.9 Å². The Morgan fingerprint density at radius 3 is 2.43 bits per heavy atom. The Morgan fingerprint density at radius 2 is 1.90 bits per heavy atom. The summed E-state index contributed by atoms with van der Waals surface area (Å²) in [5, 5.41) is 9.25. The lowest BCUT2D eigenvalue weighted by atomic mass is 9.80. The molecule has 1 heterocycles. The van der Waals surface area contributed by atoms with Crippen LogP contribution in [0, 0.1) is 16.7 Å². The lowest BCUT2D eigenvalue weighted by Crippen LogP contribution is -2.45. The summed E-state index contributed by atoms with van der Waals surface area (Å²) in [5.41, 5.74) is -0.372. The molecule has 0 saturated carbocycles. The maximum Gasteiger partial charge on any atom is 0.326 e. The van der Waals surface area contributed by atoms with E-state index in [2.05, 4.69) is 6.07 Å². The maximum atomic E-state index is 12.1. The number of nitriles is 1. The van der Waals surface area contributed by atoms with Crippen molar-refractivity contribution in [1.29, 1.82) is 5.26 Å². The number of likely N-dealkylation sites (tertiary alicyclic amines) is 1. The summed E-state index contributed by atoms with van der Waals surface area (Å²) >= 11 is 0. The van der Waals surface area contributed by atoms with Crippen molar-refractivity contribution in [2.45, 2.75) is 12.8 Å². The highest BCUT2D eigenvalue weighted by Gasteiger charge is 2.43. The van der Waals surface area contributed by atoms with E-state index in [4.69, 9.17) is 4.74 Å². The Balaban J connectivity index is 1.94. The van der Waals surface area contributed by atoms with Gasteiger partial charge in [-0.15, -0.1) is 0 Å².